The predicted octanol–water partition coefficient (Wildman–Crippen LogP) is 3.58. The summed E-state index contributed by atoms with van der Waals surface area (Å²) in [5.41, 5.74) is 0.247. The second kappa shape index (κ2) is 11.2. The maximum Gasteiger partial charge on any atom is 0.244 e. The topological polar surface area (TPSA) is 108 Å². The number of benzene rings is 1. The first kappa shape index (κ1) is 27.8. The zero-order valence-electron chi connectivity index (χ0n) is 22.4. The molecule has 5 atom stereocenters. The monoisotopic (exact) mass is 531 g/mol. The maximum atomic E-state index is 14.0. The molecule has 3 amide bonds. The molecule has 8 nitrogen and oxygen atoms in total. The number of anilines is 1. The number of carbonyl (C=O) groups excluding carboxylic acids is 3. The molecule has 3 heterocycles. The first-order chi connectivity index (χ1) is 17.6. The lowest BCUT2D eigenvalue weighted by Crippen LogP contribution is -2.57. The van der Waals surface area contributed by atoms with E-state index >= 15 is 0 Å². The molecule has 3 fully saturated rings. The molecule has 204 valence electrons. The molecule has 0 radical (unpaired) electrons. The molecular weight excluding hydrogens is 490 g/mol. The quantitative estimate of drug-likeness (QED) is 0.377. The number of rotatable bonds is 11. The molecule has 1 aromatic rings. The molecule has 2 unspecified atom stereocenters. The minimum absolute atomic E-state index is 0.0216. The fourth-order valence-corrected chi connectivity index (χ4v) is 8.43. The van der Waals surface area contributed by atoms with Gasteiger partial charge in [0.2, 0.25) is 17.7 Å². The van der Waals surface area contributed by atoms with Crippen LogP contribution >= 0.6 is 11.8 Å². The van der Waals surface area contributed by atoms with E-state index in [9.17, 15) is 14.4 Å². The van der Waals surface area contributed by atoms with E-state index in [1.165, 1.54) is 0 Å². The lowest BCUT2D eigenvalue weighted by atomic mass is 9.70. The SMILES string of the molecule is CCOc1ccc(NC(=O)[C@@H]2[C@@H]3CCC4(S3)C(C(=O)NC(C)(C)C)N(CCCCCCO)C(=O)[C@H]24)cc1. The Morgan fingerprint density at radius 3 is 2.49 bits per heavy atom. The molecule has 4 rings (SSSR count). The molecule has 3 saturated heterocycles. The van der Waals surface area contributed by atoms with Gasteiger partial charge in [0, 0.05) is 29.6 Å². The molecule has 9 heteroatoms. The number of unbranched alkanes of at least 4 members (excludes halogenated alkanes) is 3. The van der Waals surface area contributed by atoms with Crippen LogP contribution in [0.3, 0.4) is 0 Å². The van der Waals surface area contributed by atoms with Crippen molar-refractivity contribution in [3.05, 3.63) is 24.3 Å². The van der Waals surface area contributed by atoms with E-state index in [1.54, 1.807) is 16.7 Å². The summed E-state index contributed by atoms with van der Waals surface area (Å²) in [6.45, 7) is 8.98. The molecule has 2 bridgehead atoms. The standard InChI is InChI=1S/C28H41N3O5S/c1-5-36-19-12-10-18(11-13-19)29-24(33)21-20-14-15-28(37-20)22(21)26(35)31(16-8-6-7-9-17-32)23(28)25(34)30-27(2,3)4/h10-13,20-23,32H,5-9,14-17H2,1-4H3,(H,29,33)(H,30,34)/t20-,21+,22-,23?,28?/m0/s1. The Kier molecular flexibility index (Phi) is 8.43. The Morgan fingerprint density at radius 1 is 1.14 bits per heavy atom. The highest BCUT2D eigenvalue weighted by Crippen LogP contribution is 2.66. The number of hydrogen-bond donors (Lipinski definition) is 3. The maximum absolute atomic E-state index is 14.0. The minimum atomic E-state index is -0.583. The third kappa shape index (κ3) is 5.62. The van der Waals surface area contributed by atoms with Gasteiger partial charge in [-0.25, -0.2) is 0 Å². The van der Waals surface area contributed by atoms with E-state index in [2.05, 4.69) is 10.6 Å². The number of ether oxygens (including phenoxy) is 1. The van der Waals surface area contributed by atoms with Gasteiger partial charge in [-0.3, -0.25) is 14.4 Å². The van der Waals surface area contributed by atoms with Crippen molar-refractivity contribution < 1.29 is 24.2 Å². The third-order valence-electron chi connectivity index (χ3n) is 7.59. The molecular formula is C28H41N3O5S. The number of likely N-dealkylation sites (tertiary alicyclic amines) is 1. The van der Waals surface area contributed by atoms with E-state index in [-0.39, 0.29) is 29.6 Å². The second-order valence-corrected chi connectivity index (χ2v) is 13.0. The van der Waals surface area contributed by atoms with Gasteiger partial charge in [-0.2, -0.15) is 0 Å². The van der Waals surface area contributed by atoms with Gasteiger partial charge < -0.3 is 25.4 Å². The van der Waals surface area contributed by atoms with Crippen molar-refractivity contribution in [1.29, 1.82) is 0 Å². The number of aliphatic hydroxyl groups excluding tert-OH is 1. The Hall–Kier alpha value is -2.26. The molecule has 3 aliphatic rings. The van der Waals surface area contributed by atoms with E-state index in [1.807, 2.05) is 52.0 Å². The highest BCUT2D eigenvalue weighted by molar-refractivity contribution is 8.02. The minimum Gasteiger partial charge on any atom is -0.494 e. The van der Waals surface area contributed by atoms with Gasteiger partial charge >= 0.3 is 0 Å². The average molecular weight is 532 g/mol. The second-order valence-electron chi connectivity index (χ2n) is 11.4. The Morgan fingerprint density at radius 2 is 1.84 bits per heavy atom. The summed E-state index contributed by atoms with van der Waals surface area (Å²) < 4.78 is 4.91. The van der Waals surface area contributed by atoms with Gasteiger partial charge in [-0.05, 0) is 77.6 Å². The smallest absolute Gasteiger partial charge is 0.244 e. The fraction of sp³-hybridized carbons (Fsp3) is 0.679. The number of carbonyl (C=O) groups is 3. The van der Waals surface area contributed by atoms with Crippen molar-refractivity contribution in [2.45, 2.75) is 87.8 Å². The van der Waals surface area contributed by atoms with Crippen LogP contribution in [0.2, 0.25) is 0 Å². The largest absolute Gasteiger partial charge is 0.494 e. The van der Waals surface area contributed by atoms with Crippen LogP contribution in [-0.4, -0.2) is 69.1 Å². The molecule has 1 aromatic carbocycles. The van der Waals surface area contributed by atoms with Crippen molar-refractivity contribution in [2.75, 3.05) is 25.1 Å². The van der Waals surface area contributed by atoms with Gasteiger partial charge in [0.05, 0.1) is 23.2 Å². The lowest BCUT2D eigenvalue weighted by Gasteiger charge is -2.36. The Labute approximate surface area is 224 Å². The van der Waals surface area contributed by atoms with E-state index in [4.69, 9.17) is 9.84 Å². The molecule has 0 saturated carbocycles. The van der Waals surface area contributed by atoms with Gasteiger partial charge in [-0.1, -0.05) is 12.8 Å². The van der Waals surface area contributed by atoms with Crippen LogP contribution in [0.25, 0.3) is 0 Å². The van der Waals surface area contributed by atoms with Crippen LogP contribution in [-0.2, 0) is 14.4 Å². The van der Waals surface area contributed by atoms with Crippen molar-refractivity contribution in [3.63, 3.8) is 0 Å². The molecule has 37 heavy (non-hydrogen) atoms. The van der Waals surface area contributed by atoms with E-state index in [0.717, 1.165) is 44.3 Å². The highest BCUT2D eigenvalue weighted by Gasteiger charge is 2.73. The van der Waals surface area contributed by atoms with Crippen molar-refractivity contribution >= 4 is 35.2 Å². The molecule has 1 spiro atoms. The number of aliphatic hydroxyl groups is 1. The van der Waals surface area contributed by atoms with Crippen molar-refractivity contribution in [3.8, 4) is 5.75 Å². The summed E-state index contributed by atoms with van der Waals surface area (Å²) in [4.78, 5) is 43.0. The van der Waals surface area contributed by atoms with Crippen LogP contribution in [0.4, 0.5) is 5.69 Å². The number of amides is 3. The van der Waals surface area contributed by atoms with E-state index in [0.29, 0.717) is 18.8 Å². The number of thioether (sulfide) groups is 1. The van der Waals surface area contributed by atoms with Gasteiger partial charge in [-0.15, -0.1) is 11.8 Å². The van der Waals surface area contributed by atoms with Crippen LogP contribution < -0.4 is 15.4 Å². The zero-order valence-corrected chi connectivity index (χ0v) is 23.2. The summed E-state index contributed by atoms with van der Waals surface area (Å²) in [5.74, 6) is -0.587. The predicted molar refractivity (Wildman–Crippen MR) is 146 cm³/mol. The zero-order chi connectivity index (χ0) is 26.8. The highest BCUT2D eigenvalue weighted by atomic mass is 32.2. The van der Waals surface area contributed by atoms with Crippen LogP contribution in [0.1, 0.15) is 66.2 Å². The summed E-state index contributed by atoms with van der Waals surface area (Å²) >= 11 is 1.69. The third-order valence-corrected chi connectivity index (χ3v) is 9.54. The fourth-order valence-electron chi connectivity index (χ4n) is 6.21. The Balaban J connectivity index is 1.56. The van der Waals surface area contributed by atoms with E-state index < -0.39 is 28.2 Å². The normalized spacial score (nSPS) is 28.4. The van der Waals surface area contributed by atoms with Crippen molar-refractivity contribution in [1.82, 2.24) is 10.2 Å². The summed E-state index contributed by atoms with van der Waals surface area (Å²) in [6, 6.07) is 6.69. The average Bonchev–Trinajstić information content (AvgIpc) is 3.47. The number of nitrogens with one attached hydrogen (secondary N) is 2. The van der Waals surface area contributed by atoms with Gasteiger partial charge in [0.25, 0.3) is 0 Å². The van der Waals surface area contributed by atoms with Crippen LogP contribution in [0, 0.1) is 11.8 Å². The van der Waals surface area contributed by atoms with Crippen LogP contribution in [0.15, 0.2) is 24.3 Å². The van der Waals surface area contributed by atoms with Crippen molar-refractivity contribution in [2.24, 2.45) is 11.8 Å². The Bertz CT molecular complexity index is 995. The summed E-state index contributed by atoms with van der Waals surface area (Å²) in [6.07, 6.45) is 4.85. The molecule has 3 aliphatic heterocycles. The summed E-state index contributed by atoms with van der Waals surface area (Å²) in [5, 5.41) is 15.3. The number of nitrogens with zero attached hydrogens (tertiary/aromatic N) is 1. The summed E-state index contributed by atoms with van der Waals surface area (Å²) in [7, 11) is 0. The van der Waals surface area contributed by atoms with Gasteiger partial charge in [0.15, 0.2) is 0 Å². The molecule has 0 aliphatic carbocycles. The number of hydrogen-bond acceptors (Lipinski definition) is 6. The molecule has 0 aromatic heterocycles. The lowest BCUT2D eigenvalue weighted by molar-refractivity contribution is -0.139. The van der Waals surface area contributed by atoms with Gasteiger partial charge in [0.1, 0.15) is 11.8 Å². The first-order valence-electron chi connectivity index (χ1n) is 13.6. The molecule has 3 N–H and O–H groups in total. The number of fused-ring (bicyclic) bond motifs is 1. The van der Waals surface area contributed by atoms with Crippen LogP contribution in [0.5, 0.6) is 5.75 Å². The first-order valence-corrected chi connectivity index (χ1v) is 14.4.